The van der Waals surface area contributed by atoms with E-state index in [4.69, 9.17) is 11.6 Å². The molecule has 2 fully saturated rings. The Hall–Kier alpha value is -1.64. The fourth-order valence-corrected chi connectivity index (χ4v) is 5.07. The minimum Gasteiger partial charge on any atom is -0.369 e. The Labute approximate surface area is 164 Å². The lowest BCUT2D eigenvalue weighted by Crippen LogP contribution is -2.51. The lowest BCUT2D eigenvalue weighted by molar-refractivity contribution is -0.147. The number of imide groups is 1. The van der Waals surface area contributed by atoms with Crippen LogP contribution in [-0.2, 0) is 19.6 Å². The molecule has 2 aliphatic heterocycles. The van der Waals surface area contributed by atoms with E-state index in [9.17, 15) is 18.0 Å². The Morgan fingerprint density at radius 2 is 1.67 bits per heavy atom. The van der Waals surface area contributed by atoms with Crippen LogP contribution in [-0.4, -0.2) is 67.9 Å². The summed E-state index contributed by atoms with van der Waals surface area (Å²) in [5, 5.41) is 0.654. The first-order chi connectivity index (χ1) is 12.8. The molecule has 0 spiro atoms. The summed E-state index contributed by atoms with van der Waals surface area (Å²) >= 11 is 6.08. The molecule has 0 aromatic heterocycles. The van der Waals surface area contributed by atoms with Crippen LogP contribution in [0, 0.1) is 6.92 Å². The molecular formula is C18H24ClN3O4S. The molecule has 0 unspecified atom stereocenters. The summed E-state index contributed by atoms with van der Waals surface area (Å²) in [5.74, 6) is -0.772. The van der Waals surface area contributed by atoms with Gasteiger partial charge in [0.15, 0.2) is 0 Å². The first-order valence-corrected chi connectivity index (χ1v) is 11.1. The van der Waals surface area contributed by atoms with Gasteiger partial charge >= 0.3 is 0 Å². The van der Waals surface area contributed by atoms with E-state index in [0.29, 0.717) is 50.5 Å². The zero-order chi connectivity index (χ0) is 19.6. The van der Waals surface area contributed by atoms with E-state index >= 15 is 0 Å². The van der Waals surface area contributed by atoms with E-state index in [0.717, 1.165) is 16.2 Å². The number of hydrogen-bond donors (Lipinski definition) is 0. The molecular weight excluding hydrogens is 390 g/mol. The fourth-order valence-electron chi connectivity index (χ4n) is 3.52. The second-order valence-electron chi connectivity index (χ2n) is 6.93. The van der Waals surface area contributed by atoms with Gasteiger partial charge in [-0.05, 0) is 31.0 Å². The lowest BCUT2D eigenvalue weighted by atomic mass is 10.1. The monoisotopic (exact) mass is 413 g/mol. The number of carbonyl (C=O) groups excluding carboxylic acids is 2. The zero-order valence-electron chi connectivity index (χ0n) is 15.4. The molecule has 27 heavy (non-hydrogen) atoms. The summed E-state index contributed by atoms with van der Waals surface area (Å²) in [6, 6.07) is 5.69. The van der Waals surface area contributed by atoms with Gasteiger partial charge in [0.2, 0.25) is 21.8 Å². The minimum absolute atomic E-state index is 0.0619. The van der Waals surface area contributed by atoms with Crippen molar-refractivity contribution in [2.45, 2.75) is 26.2 Å². The largest absolute Gasteiger partial charge is 0.369 e. The number of hydrogen-bond acceptors (Lipinski definition) is 5. The maximum Gasteiger partial charge on any atom is 0.229 e. The smallest absolute Gasteiger partial charge is 0.229 e. The SMILES string of the molecule is Cc1ccc(Cl)cc1N1CCN(S(=O)(=O)CCN2C(=O)CCCC2=O)CC1. The van der Waals surface area contributed by atoms with Gasteiger partial charge in [-0.3, -0.25) is 14.5 Å². The Morgan fingerprint density at radius 1 is 1.04 bits per heavy atom. The molecule has 2 amide bonds. The highest BCUT2D eigenvalue weighted by Gasteiger charge is 2.31. The highest BCUT2D eigenvalue weighted by atomic mass is 35.5. The van der Waals surface area contributed by atoms with Gasteiger partial charge in [0.1, 0.15) is 0 Å². The van der Waals surface area contributed by atoms with Crippen LogP contribution in [0.5, 0.6) is 0 Å². The average molecular weight is 414 g/mol. The number of likely N-dealkylation sites (tertiary alicyclic amines) is 1. The Morgan fingerprint density at radius 3 is 2.30 bits per heavy atom. The number of carbonyl (C=O) groups is 2. The quantitative estimate of drug-likeness (QED) is 0.686. The van der Waals surface area contributed by atoms with Crippen molar-refractivity contribution in [2.24, 2.45) is 0 Å². The Balaban J connectivity index is 1.58. The van der Waals surface area contributed by atoms with E-state index < -0.39 is 10.0 Å². The number of piperazine rings is 1. The minimum atomic E-state index is -3.52. The molecule has 0 aliphatic carbocycles. The van der Waals surface area contributed by atoms with Crippen molar-refractivity contribution in [3.63, 3.8) is 0 Å². The molecule has 9 heteroatoms. The van der Waals surface area contributed by atoms with Crippen LogP contribution in [0.3, 0.4) is 0 Å². The molecule has 1 aromatic rings. The van der Waals surface area contributed by atoms with Crippen LogP contribution in [0.15, 0.2) is 18.2 Å². The number of halogens is 1. The van der Waals surface area contributed by atoms with Crippen LogP contribution in [0.1, 0.15) is 24.8 Å². The average Bonchev–Trinajstić information content (AvgIpc) is 2.63. The van der Waals surface area contributed by atoms with Gasteiger partial charge < -0.3 is 4.90 Å². The van der Waals surface area contributed by atoms with Crippen molar-refractivity contribution in [2.75, 3.05) is 43.4 Å². The number of rotatable bonds is 5. The number of piperidine rings is 1. The first kappa shape index (κ1) is 20.1. The molecule has 2 heterocycles. The molecule has 0 radical (unpaired) electrons. The number of nitrogens with zero attached hydrogens (tertiary/aromatic N) is 3. The third-order valence-corrected chi connectivity index (χ3v) is 7.19. The van der Waals surface area contributed by atoms with Crippen molar-refractivity contribution in [1.82, 2.24) is 9.21 Å². The van der Waals surface area contributed by atoms with Gasteiger partial charge in [-0.25, -0.2) is 8.42 Å². The van der Waals surface area contributed by atoms with Crippen LogP contribution >= 0.6 is 11.6 Å². The van der Waals surface area contributed by atoms with Gasteiger partial charge in [0, 0.05) is 56.3 Å². The summed E-state index contributed by atoms with van der Waals surface area (Å²) < 4.78 is 26.7. The number of aryl methyl sites for hydroxylation is 1. The molecule has 0 bridgehead atoms. The highest BCUT2D eigenvalue weighted by molar-refractivity contribution is 7.89. The van der Waals surface area contributed by atoms with E-state index in [-0.39, 0.29) is 24.1 Å². The number of amides is 2. The van der Waals surface area contributed by atoms with Crippen molar-refractivity contribution >= 4 is 39.1 Å². The second kappa shape index (κ2) is 8.16. The first-order valence-electron chi connectivity index (χ1n) is 9.10. The van der Waals surface area contributed by atoms with Crippen LogP contribution < -0.4 is 4.90 Å². The summed E-state index contributed by atoms with van der Waals surface area (Å²) in [5.41, 5.74) is 2.11. The normalized spacial score (nSPS) is 19.6. The van der Waals surface area contributed by atoms with Crippen molar-refractivity contribution in [3.8, 4) is 0 Å². The highest BCUT2D eigenvalue weighted by Crippen LogP contribution is 2.26. The topological polar surface area (TPSA) is 78.0 Å². The predicted molar refractivity (Wildman–Crippen MR) is 104 cm³/mol. The van der Waals surface area contributed by atoms with Gasteiger partial charge in [-0.1, -0.05) is 17.7 Å². The van der Waals surface area contributed by atoms with Crippen LogP contribution in [0.25, 0.3) is 0 Å². The predicted octanol–water partition coefficient (Wildman–Crippen LogP) is 1.64. The summed E-state index contributed by atoms with van der Waals surface area (Å²) in [4.78, 5) is 26.9. The third kappa shape index (κ3) is 4.62. The Bertz CT molecular complexity index is 819. The van der Waals surface area contributed by atoms with Gasteiger partial charge in [-0.2, -0.15) is 4.31 Å². The molecule has 0 atom stereocenters. The summed E-state index contributed by atoms with van der Waals surface area (Å²) in [6.07, 6.45) is 1.17. The van der Waals surface area contributed by atoms with Gasteiger partial charge in [-0.15, -0.1) is 0 Å². The number of sulfonamides is 1. The summed E-state index contributed by atoms with van der Waals surface area (Å²) in [6.45, 7) is 3.82. The van der Waals surface area contributed by atoms with E-state index in [1.807, 2.05) is 25.1 Å². The summed E-state index contributed by atoms with van der Waals surface area (Å²) in [7, 11) is -3.52. The standard InChI is InChI=1S/C18H24ClN3O4S/c1-14-5-6-15(19)13-16(14)20-7-9-21(10-8-20)27(25,26)12-11-22-17(23)3-2-4-18(22)24/h5-6,13H,2-4,7-12H2,1H3. The molecule has 148 valence electrons. The van der Waals surface area contributed by atoms with Crippen molar-refractivity contribution < 1.29 is 18.0 Å². The molecule has 1 aromatic carbocycles. The molecule has 2 saturated heterocycles. The van der Waals surface area contributed by atoms with Crippen molar-refractivity contribution in [3.05, 3.63) is 28.8 Å². The van der Waals surface area contributed by atoms with Crippen LogP contribution in [0.4, 0.5) is 5.69 Å². The van der Waals surface area contributed by atoms with E-state index in [1.165, 1.54) is 4.31 Å². The maximum atomic E-state index is 12.6. The molecule has 7 nitrogen and oxygen atoms in total. The number of benzene rings is 1. The molecule has 0 N–H and O–H groups in total. The zero-order valence-corrected chi connectivity index (χ0v) is 16.9. The second-order valence-corrected chi connectivity index (χ2v) is 9.45. The molecule has 3 rings (SSSR count). The maximum absolute atomic E-state index is 12.6. The number of anilines is 1. The van der Waals surface area contributed by atoms with Crippen molar-refractivity contribution in [1.29, 1.82) is 0 Å². The van der Waals surface area contributed by atoms with Gasteiger partial charge in [0.25, 0.3) is 0 Å². The fraction of sp³-hybridized carbons (Fsp3) is 0.556. The van der Waals surface area contributed by atoms with Crippen LogP contribution in [0.2, 0.25) is 5.02 Å². The third-order valence-electron chi connectivity index (χ3n) is 5.10. The molecule has 0 saturated carbocycles. The van der Waals surface area contributed by atoms with E-state index in [2.05, 4.69) is 4.90 Å². The van der Waals surface area contributed by atoms with E-state index in [1.54, 1.807) is 0 Å². The Kier molecular flexibility index (Phi) is 6.08. The lowest BCUT2D eigenvalue weighted by Gasteiger charge is -2.36. The van der Waals surface area contributed by atoms with Gasteiger partial charge in [0.05, 0.1) is 5.75 Å². The molecule has 2 aliphatic rings.